The Balaban J connectivity index is 0. The number of imide groups is 1. The molecular formula is C11H21NO3. The molecule has 4 heteroatoms. The van der Waals surface area contributed by atoms with Gasteiger partial charge in [-0.05, 0) is 12.8 Å². The molecule has 0 rings (SSSR count). The first-order chi connectivity index (χ1) is 7.10. The van der Waals surface area contributed by atoms with E-state index in [1.54, 1.807) is 0 Å². The molecule has 0 heterocycles. The van der Waals surface area contributed by atoms with Crippen LogP contribution in [0.2, 0.25) is 0 Å². The summed E-state index contributed by atoms with van der Waals surface area (Å²) >= 11 is 0. The molecule has 0 aromatic carbocycles. The van der Waals surface area contributed by atoms with Crippen LogP contribution in [0.15, 0.2) is 0 Å². The summed E-state index contributed by atoms with van der Waals surface area (Å²) in [5.41, 5.74) is 0. The van der Waals surface area contributed by atoms with Crippen LogP contribution in [0.25, 0.3) is 0 Å². The van der Waals surface area contributed by atoms with Crippen LogP contribution in [0, 0.1) is 5.92 Å². The third-order valence-electron chi connectivity index (χ3n) is 1.85. The van der Waals surface area contributed by atoms with Crippen molar-refractivity contribution in [2.24, 2.45) is 5.92 Å². The number of nitrogens with one attached hydrogen (secondary N) is 1. The van der Waals surface area contributed by atoms with Crippen LogP contribution in [0.3, 0.4) is 0 Å². The lowest BCUT2D eigenvalue weighted by Gasteiger charge is -2.10. The van der Waals surface area contributed by atoms with E-state index in [-0.39, 0.29) is 24.0 Å². The van der Waals surface area contributed by atoms with Crippen molar-refractivity contribution in [1.29, 1.82) is 0 Å². The molecule has 0 spiro atoms. The highest BCUT2D eigenvalue weighted by Crippen LogP contribution is 2.12. The largest absolute Gasteiger partial charge is 0.300 e. The third-order valence-corrected chi connectivity index (χ3v) is 1.85. The van der Waals surface area contributed by atoms with Gasteiger partial charge in [-0.15, -0.1) is 0 Å². The molecule has 15 heavy (non-hydrogen) atoms. The van der Waals surface area contributed by atoms with Crippen molar-refractivity contribution in [1.82, 2.24) is 5.32 Å². The van der Waals surface area contributed by atoms with Gasteiger partial charge >= 0.3 is 0 Å². The fourth-order valence-electron chi connectivity index (χ4n) is 1.15. The van der Waals surface area contributed by atoms with Crippen molar-refractivity contribution >= 4 is 18.1 Å². The first kappa shape index (κ1) is 16.2. The van der Waals surface area contributed by atoms with E-state index in [2.05, 4.69) is 5.32 Å². The van der Waals surface area contributed by atoms with Crippen molar-refractivity contribution in [3.05, 3.63) is 0 Å². The van der Waals surface area contributed by atoms with Crippen LogP contribution >= 0.6 is 0 Å². The number of rotatable bonds is 6. The number of hydrogen-bond donors (Lipinski definition) is 1. The van der Waals surface area contributed by atoms with Crippen LogP contribution in [0.1, 0.15) is 47.0 Å². The van der Waals surface area contributed by atoms with Gasteiger partial charge in [-0.25, -0.2) is 0 Å². The third kappa shape index (κ3) is 10.7. The molecule has 0 aromatic rings. The summed E-state index contributed by atoms with van der Waals surface area (Å²) < 4.78 is 0. The minimum Gasteiger partial charge on any atom is -0.300 e. The molecule has 4 nitrogen and oxygen atoms in total. The summed E-state index contributed by atoms with van der Waals surface area (Å²) in [4.78, 5) is 31.6. The summed E-state index contributed by atoms with van der Waals surface area (Å²) in [6, 6.07) is 0. The molecular weight excluding hydrogens is 194 g/mol. The number of Topliss-reactive ketones (excluding diaryl/α,β-unsaturated/α-hetero) is 1. The Morgan fingerprint density at radius 1 is 1.27 bits per heavy atom. The van der Waals surface area contributed by atoms with Gasteiger partial charge in [0.1, 0.15) is 5.78 Å². The summed E-state index contributed by atoms with van der Waals surface area (Å²) in [6.07, 6.45) is 1.78. The highest BCUT2D eigenvalue weighted by atomic mass is 16.2. The van der Waals surface area contributed by atoms with E-state index in [4.69, 9.17) is 0 Å². The second-order valence-electron chi connectivity index (χ2n) is 3.07. The second-order valence-corrected chi connectivity index (χ2v) is 3.07. The molecule has 0 bridgehead atoms. The lowest BCUT2D eigenvalue weighted by atomic mass is 9.96. The normalized spacial score (nSPS) is 10.7. The smallest absolute Gasteiger partial charge is 0.226 e. The van der Waals surface area contributed by atoms with E-state index in [1.165, 1.54) is 6.92 Å². The number of ketones is 1. The van der Waals surface area contributed by atoms with Gasteiger partial charge in [-0.3, -0.25) is 14.9 Å². The Morgan fingerprint density at radius 2 is 1.80 bits per heavy atom. The lowest BCUT2D eigenvalue weighted by molar-refractivity contribution is -0.126. The van der Waals surface area contributed by atoms with Crippen LogP contribution in [-0.2, 0) is 14.4 Å². The van der Waals surface area contributed by atoms with Crippen molar-refractivity contribution in [3.63, 3.8) is 0 Å². The Labute approximate surface area is 91.4 Å². The molecule has 0 saturated carbocycles. The molecule has 1 N–H and O–H groups in total. The predicted molar refractivity (Wildman–Crippen MR) is 59.3 cm³/mol. The number of hydrogen-bond acceptors (Lipinski definition) is 3. The maximum absolute atomic E-state index is 10.9. The zero-order valence-corrected chi connectivity index (χ0v) is 10.0. The molecule has 88 valence electrons. The van der Waals surface area contributed by atoms with Gasteiger partial charge in [0, 0.05) is 12.8 Å². The number of amides is 2. The van der Waals surface area contributed by atoms with Crippen molar-refractivity contribution in [3.8, 4) is 0 Å². The minimum absolute atomic E-state index is 0.0532. The van der Waals surface area contributed by atoms with Gasteiger partial charge in [0.25, 0.3) is 0 Å². The highest BCUT2D eigenvalue weighted by molar-refractivity contribution is 5.86. The van der Waals surface area contributed by atoms with Gasteiger partial charge in [0.15, 0.2) is 0 Å². The maximum atomic E-state index is 10.9. The quantitative estimate of drug-likeness (QED) is 0.686. The average Bonchev–Trinajstić information content (AvgIpc) is 2.19. The van der Waals surface area contributed by atoms with E-state index in [9.17, 15) is 14.4 Å². The standard InChI is InChI=1S/C9H15NO3.C2H6/c1-3-8(4-7(2)12)5-9(13)10-6-11;1-2/h6,8H,3-5H2,1-2H3,(H,10,11,13);1-2H3. The number of carbonyl (C=O) groups excluding carboxylic acids is 3. The van der Waals surface area contributed by atoms with Crippen molar-refractivity contribution in [2.75, 3.05) is 0 Å². The van der Waals surface area contributed by atoms with Gasteiger partial charge in [-0.1, -0.05) is 27.2 Å². The molecule has 0 radical (unpaired) electrons. The molecule has 0 aliphatic rings. The Bertz CT molecular complexity index is 202. The zero-order chi connectivity index (χ0) is 12.3. The van der Waals surface area contributed by atoms with Crippen LogP contribution in [0.5, 0.6) is 0 Å². The summed E-state index contributed by atoms with van der Waals surface area (Å²) in [5.74, 6) is -0.189. The Morgan fingerprint density at radius 3 is 2.13 bits per heavy atom. The van der Waals surface area contributed by atoms with Gasteiger partial charge in [0.2, 0.25) is 12.3 Å². The average molecular weight is 215 g/mol. The van der Waals surface area contributed by atoms with Gasteiger partial charge in [-0.2, -0.15) is 0 Å². The molecule has 0 saturated heterocycles. The minimum atomic E-state index is -0.317. The van der Waals surface area contributed by atoms with Crippen LogP contribution in [0.4, 0.5) is 0 Å². The molecule has 1 unspecified atom stereocenters. The summed E-state index contributed by atoms with van der Waals surface area (Å²) in [7, 11) is 0. The highest BCUT2D eigenvalue weighted by Gasteiger charge is 2.13. The van der Waals surface area contributed by atoms with Crippen LogP contribution < -0.4 is 5.32 Å². The molecule has 1 atom stereocenters. The summed E-state index contributed by atoms with van der Waals surface area (Å²) in [6.45, 7) is 7.42. The monoisotopic (exact) mass is 215 g/mol. The van der Waals surface area contributed by atoms with Gasteiger partial charge in [0.05, 0.1) is 0 Å². The fraction of sp³-hybridized carbons (Fsp3) is 0.727. The summed E-state index contributed by atoms with van der Waals surface area (Å²) in [5, 5.41) is 2.05. The number of carbonyl (C=O) groups is 3. The van der Waals surface area contributed by atoms with E-state index < -0.39 is 0 Å². The Hall–Kier alpha value is -1.19. The molecule has 2 amide bonds. The molecule has 0 aliphatic carbocycles. The van der Waals surface area contributed by atoms with Crippen LogP contribution in [-0.4, -0.2) is 18.1 Å². The predicted octanol–water partition coefficient (Wildman–Crippen LogP) is 1.68. The van der Waals surface area contributed by atoms with E-state index in [1.807, 2.05) is 20.8 Å². The van der Waals surface area contributed by atoms with Gasteiger partial charge < -0.3 is 4.79 Å². The lowest BCUT2D eigenvalue weighted by Crippen LogP contribution is -2.24. The SMILES string of the molecule is CC.CCC(CC(C)=O)CC(=O)NC=O. The molecule has 0 aromatic heterocycles. The zero-order valence-electron chi connectivity index (χ0n) is 10.0. The van der Waals surface area contributed by atoms with E-state index in [0.29, 0.717) is 12.8 Å². The fourth-order valence-corrected chi connectivity index (χ4v) is 1.15. The van der Waals surface area contributed by atoms with Crippen molar-refractivity contribution < 1.29 is 14.4 Å². The first-order valence-electron chi connectivity index (χ1n) is 5.32. The Kier molecular flexibility index (Phi) is 11.8. The molecule has 0 fully saturated rings. The first-order valence-corrected chi connectivity index (χ1v) is 5.32. The van der Waals surface area contributed by atoms with Crippen molar-refractivity contribution in [2.45, 2.75) is 47.0 Å². The van der Waals surface area contributed by atoms with E-state index >= 15 is 0 Å². The topological polar surface area (TPSA) is 63.2 Å². The second kappa shape index (κ2) is 10.9. The maximum Gasteiger partial charge on any atom is 0.226 e. The molecule has 0 aliphatic heterocycles. The van der Waals surface area contributed by atoms with E-state index in [0.717, 1.165) is 6.42 Å².